The summed E-state index contributed by atoms with van der Waals surface area (Å²) < 4.78 is 32.6. The quantitative estimate of drug-likeness (QED) is 0.441. The highest BCUT2D eigenvalue weighted by Crippen LogP contribution is 2.21. The van der Waals surface area contributed by atoms with Crippen LogP contribution in [0.3, 0.4) is 0 Å². The van der Waals surface area contributed by atoms with E-state index in [0.717, 1.165) is 12.5 Å². The first-order valence-corrected chi connectivity index (χ1v) is 9.28. The third kappa shape index (κ3) is 5.01. The molecular formula is C17H20N2O5S. The maximum atomic E-state index is 12.3. The van der Waals surface area contributed by atoms with Crippen molar-refractivity contribution < 1.29 is 18.1 Å². The fraction of sp³-hybridized carbons (Fsp3) is 0.294. The Morgan fingerprint density at radius 2 is 1.84 bits per heavy atom. The first-order valence-electron chi connectivity index (χ1n) is 7.80. The van der Waals surface area contributed by atoms with Crippen LogP contribution in [0.25, 0.3) is 0 Å². The maximum absolute atomic E-state index is 12.3. The number of ether oxygens (including phenoxy) is 1. The average molecular weight is 364 g/mol. The summed E-state index contributed by atoms with van der Waals surface area (Å²) in [7, 11) is -3.85. The fourth-order valence-electron chi connectivity index (χ4n) is 2.24. The zero-order chi connectivity index (χ0) is 18.4. The molecule has 0 bridgehead atoms. The second-order valence-electron chi connectivity index (χ2n) is 5.45. The Hall–Kier alpha value is -2.45. The lowest BCUT2D eigenvalue weighted by atomic mass is 10.2. The third-order valence-corrected chi connectivity index (χ3v) is 5.27. The minimum atomic E-state index is -3.85. The van der Waals surface area contributed by atoms with Crippen molar-refractivity contribution in [2.24, 2.45) is 0 Å². The summed E-state index contributed by atoms with van der Waals surface area (Å²) in [5.74, 6) is 0.655. The molecule has 2 rings (SSSR count). The van der Waals surface area contributed by atoms with Gasteiger partial charge in [0.15, 0.2) is 0 Å². The van der Waals surface area contributed by atoms with Gasteiger partial charge in [-0.2, -0.15) is 0 Å². The SMILES string of the molecule is CCc1ccc(OCCNS(=O)(=O)c2cc([N+](=O)[O-])ccc2C)cc1. The molecule has 0 saturated carbocycles. The van der Waals surface area contributed by atoms with Crippen LogP contribution < -0.4 is 9.46 Å². The molecule has 0 atom stereocenters. The second kappa shape index (κ2) is 8.09. The molecule has 0 spiro atoms. The van der Waals surface area contributed by atoms with Crippen molar-refractivity contribution in [1.82, 2.24) is 4.72 Å². The summed E-state index contributed by atoms with van der Waals surface area (Å²) in [4.78, 5) is 10.1. The number of hydrogen-bond donors (Lipinski definition) is 1. The molecule has 0 unspecified atom stereocenters. The van der Waals surface area contributed by atoms with Crippen LogP contribution >= 0.6 is 0 Å². The third-order valence-electron chi connectivity index (χ3n) is 3.67. The molecule has 0 aromatic heterocycles. The van der Waals surface area contributed by atoms with Crippen LogP contribution in [-0.2, 0) is 16.4 Å². The number of hydrogen-bond acceptors (Lipinski definition) is 5. The maximum Gasteiger partial charge on any atom is 0.270 e. The number of nitro groups is 1. The van der Waals surface area contributed by atoms with Crippen molar-refractivity contribution in [2.45, 2.75) is 25.2 Å². The molecular weight excluding hydrogens is 344 g/mol. The largest absolute Gasteiger partial charge is 0.492 e. The molecule has 25 heavy (non-hydrogen) atoms. The molecule has 7 nitrogen and oxygen atoms in total. The van der Waals surface area contributed by atoms with Gasteiger partial charge in [-0.3, -0.25) is 10.1 Å². The van der Waals surface area contributed by atoms with Gasteiger partial charge < -0.3 is 4.74 Å². The predicted molar refractivity (Wildman–Crippen MR) is 94.3 cm³/mol. The van der Waals surface area contributed by atoms with Gasteiger partial charge in [0.25, 0.3) is 5.69 Å². The van der Waals surface area contributed by atoms with E-state index in [2.05, 4.69) is 11.6 Å². The van der Waals surface area contributed by atoms with Crippen LogP contribution in [0.15, 0.2) is 47.4 Å². The van der Waals surface area contributed by atoms with Gasteiger partial charge in [0.1, 0.15) is 12.4 Å². The first-order chi connectivity index (χ1) is 11.8. The summed E-state index contributed by atoms with van der Waals surface area (Å²) in [6.45, 7) is 3.85. The van der Waals surface area contributed by atoms with Gasteiger partial charge in [-0.15, -0.1) is 0 Å². The second-order valence-corrected chi connectivity index (χ2v) is 7.19. The van der Waals surface area contributed by atoms with Crippen LogP contribution in [0, 0.1) is 17.0 Å². The van der Waals surface area contributed by atoms with Gasteiger partial charge in [-0.1, -0.05) is 25.1 Å². The Morgan fingerprint density at radius 3 is 2.44 bits per heavy atom. The lowest BCUT2D eigenvalue weighted by Crippen LogP contribution is -2.28. The van der Waals surface area contributed by atoms with Gasteiger partial charge in [-0.25, -0.2) is 13.1 Å². The zero-order valence-electron chi connectivity index (χ0n) is 14.1. The standard InChI is InChI=1S/C17H20N2O5S/c1-3-14-5-8-16(9-6-14)24-11-10-18-25(22,23)17-12-15(19(20)21)7-4-13(17)2/h4-9,12,18H,3,10-11H2,1-2H3. The monoisotopic (exact) mass is 364 g/mol. The van der Waals surface area contributed by atoms with Crippen molar-refractivity contribution in [3.05, 3.63) is 63.7 Å². The fourth-order valence-corrected chi connectivity index (χ4v) is 3.51. The molecule has 0 amide bonds. The molecule has 0 aliphatic heterocycles. The van der Waals surface area contributed by atoms with Crippen molar-refractivity contribution in [1.29, 1.82) is 0 Å². The van der Waals surface area contributed by atoms with Crippen molar-refractivity contribution in [3.63, 3.8) is 0 Å². The van der Waals surface area contributed by atoms with E-state index in [9.17, 15) is 18.5 Å². The van der Waals surface area contributed by atoms with Crippen LogP contribution in [0.1, 0.15) is 18.1 Å². The van der Waals surface area contributed by atoms with E-state index in [1.807, 2.05) is 24.3 Å². The highest BCUT2D eigenvalue weighted by molar-refractivity contribution is 7.89. The molecule has 0 aliphatic rings. The van der Waals surface area contributed by atoms with Crippen LogP contribution in [0.4, 0.5) is 5.69 Å². The highest BCUT2D eigenvalue weighted by atomic mass is 32.2. The van der Waals surface area contributed by atoms with Gasteiger partial charge in [-0.05, 0) is 36.6 Å². The highest BCUT2D eigenvalue weighted by Gasteiger charge is 2.20. The number of sulfonamides is 1. The number of non-ortho nitro benzene ring substituents is 1. The van der Waals surface area contributed by atoms with Crippen molar-refractivity contribution >= 4 is 15.7 Å². The summed E-state index contributed by atoms with van der Waals surface area (Å²) in [6.07, 6.45) is 0.933. The van der Waals surface area contributed by atoms with Crippen molar-refractivity contribution in [2.75, 3.05) is 13.2 Å². The molecule has 0 radical (unpaired) electrons. The van der Waals surface area contributed by atoms with Gasteiger partial charge in [0.05, 0.1) is 9.82 Å². The molecule has 2 aromatic carbocycles. The van der Waals surface area contributed by atoms with Gasteiger partial charge in [0, 0.05) is 18.7 Å². The molecule has 0 fully saturated rings. The number of rotatable bonds is 8. The van der Waals surface area contributed by atoms with Gasteiger partial charge in [0.2, 0.25) is 10.0 Å². The van der Waals surface area contributed by atoms with Crippen molar-refractivity contribution in [3.8, 4) is 5.75 Å². The Kier molecular flexibility index (Phi) is 6.11. The van der Waals surface area contributed by atoms with E-state index >= 15 is 0 Å². The lowest BCUT2D eigenvalue weighted by molar-refractivity contribution is -0.385. The topological polar surface area (TPSA) is 98.5 Å². The Balaban J connectivity index is 1.97. The van der Waals surface area contributed by atoms with E-state index in [1.54, 1.807) is 6.92 Å². The molecule has 134 valence electrons. The number of nitrogens with zero attached hydrogens (tertiary/aromatic N) is 1. The summed E-state index contributed by atoms with van der Waals surface area (Å²) in [6, 6.07) is 11.3. The number of nitro benzene ring substituents is 1. The summed E-state index contributed by atoms with van der Waals surface area (Å²) in [5.41, 5.74) is 1.36. The van der Waals surface area contributed by atoms with E-state index < -0.39 is 14.9 Å². The van der Waals surface area contributed by atoms with Gasteiger partial charge >= 0.3 is 0 Å². The Morgan fingerprint density at radius 1 is 1.16 bits per heavy atom. The normalized spacial score (nSPS) is 11.3. The first kappa shape index (κ1) is 18.9. The molecule has 0 aliphatic carbocycles. The molecule has 0 heterocycles. The van der Waals surface area contributed by atoms with Crippen LogP contribution in [0.2, 0.25) is 0 Å². The predicted octanol–water partition coefficient (Wildman–Crippen LogP) is 2.82. The number of benzene rings is 2. The van der Waals surface area contributed by atoms with E-state index in [-0.39, 0.29) is 23.7 Å². The lowest BCUT2D eigenvalue weighted by Gasteiger charge is -2.10. The zero-order valence-corrected chi connectivity index (χ0v) is 14.9. The van der Waals surface area contributed by atoms with E-state index in [0.29, 0.717) is 11.3 Å². The molecule has 1 N–H and O–H groups in total. The molecule has 8 heteroatoms. The van der Waals surface area contributed by atoms with Crippen LogP contribution in [-0.4, -0.2) is 26.5 Å². The number of aryl methyl sites for hydroxylation is 2. The summed E-state index contributed by atoms with van der Waals surface area (Å²) >= 11 is 0. The smallest absolute Gasteiger partial charge is 0.270 e. The van der Waals surface area contributed by atoms with E-state index in [1.165, 1.54) is 17.7 Å². The summed E-state index contributed by atoms with van der Waals surface area (Å²) in [5, 5.41) is 10.8. The molecule has 2 aromatic rings. The minimum absolute atomic E-state index is 0.0556. The number of nitrogens with one attached hydrogen (secondary N) is 1. The van der Waals surface area contributed by atoms with E-state index in [4.69, 9.17) is 4.74 Å². The minimum Gasteiger partial charge on any atom is -0.492 e. The molecule has 0 saturated heterocycles. The average Bonchev–Trinajstić information content (AvgIpc) is 2.59. The Bertz CT molecular complexity index is 848. The Labute approximate surface area is 146 Å². The van der Waals surface area contributed by atoms with Crippen LogP contribution in [0.5, 0.6) is 5.75 Å².